The first-order chi connectivity index (χ1) is 8.79. The third-order valence-electron chi connectivity index (χ3n) is 3.22. The molecular formula is C16H25NO2. The van der Waals surface area contributed by atoms with E-state index in [0.29, 0.717) is 12.2 Å². The highest BCUT2D eigenvalue weighted by Gasteiger charge is 2.21. The van der Waals surface area contributed by atoms with E-state index in [1.54, 1.807) is 7.05 Å². The van der Waals surface area contributed by atoms with Crippen molar-refractivity contribution < 1.29 is 9.90 Å². The molecule has 1 rings (SSSR count). The number of benzene rings is 1. The van der Waals surface area contributed by atoms with Gasteiger partial charge in [0.15, 0.2) is 0 Å². The van der Waals surface area contributed by atoms with Gasteiger partial charge in [0, 0.05) is 7.05 Å². The fourth-order valence-corrected chi connectivity index (χ4v) is 2.17. The van der Waals surface area contributed by atoms with Crippen molar-refractivity contribution >= 4 is 5.91 Å². The van der Waals surface area contributed by atoms with Crippen LogP contribution in [0.2, 0.25) is 0 Å². The van der Waals surface area contributed by atoms with Gasteiger partial charge in [-0.15, -0.1) is 0 Å². The molecule has 0 saturated carbocycles. The summed E-state index contributed by atoms with van der Waals surface area (Å²) in [4.78, 5) is 11.5. The van der Waals surface area contributed by atoms with E-state index in [1.165, 1.54) is 0 Å². The molecule has 0 unspecified atom stereocenters. The van der Waals surface area contributed by atoms with E-state index in [9.17, 15) is 9.90 Å². The summed E-state index contributed by atoms with van der Waals surface area (Å²) in [6.45, 7) is 8.30. The average molecular weight is 263 g/mol. The Morgan fingerprint density at radius 3 is 2.42 bits per heavy atom. The van der Waals surface area contributed by atoms with Gasteiger partial charge in [0.25, 0.3) is 0 Å². The van der Waals surface area contributed by atoms with Crippen molar-refractivity contribution in [3.63, 3.8) is 0 Å². The van der Waals surface area contributed by atoms with Gasteiger partial charge in [-0.2, -0.15) is 0 Å². The summed E-state index contributed by atoms with van der Waals surface area (Å²) in [5, 5.41) is 13.0. The van der Waals surface area contributed by atoms with E-state index >= 15 is 0 Å². The number of aromatic hydroxyl groups is 1. The molecule has 0 radical (unpaired) electrons. The summed E-state index contributed by atoms with van der Waals surface area (Å²) in [6, 6.07) is 3.90. The van der Waals surface area contributed by atoms with Crippen LogP contribution in [0.4, 0.5) is 0 Å². The van der Waals surface area contributed by atoms with Crippen LogP contribution < -0.4 is 5.32 Å². The molecule has 0 aliphatic rings. The van der Waals surface area contributed by atoms with E-state index in [-0.39, 0.29) is 11.3 Å². The first-order valence-electron chi connectivity index (χ1n) is 6.85. The van der Waals surface area contributed by atoms with Gasteiger partial charge in [-0.1, -0.05) is 46.2 Å². The largest absolute Gasteiger partial charge is 0.507 e. The fourth-order valence-electron chi connectivity index (χ4n) is 2.17. The maximum atomic E-state index is 11.5. The van der Waals surface area contributed by atoms with Gasteiger partial charge >= 0.3 is 0 Å². The van der Waals surface area contributed by atoms with Crippen molar-refractivity contribution in [1.82, 2.24) is 5.32 Å². The average Bonchev–Trinajstić information content (AvgIpc) is 2.31. The normalized spacial score (nSPS) is 11.4. The quantitative estimate of drug-likeness (QED) is 0.877. The van der Waals surface area contributed by atoms with Crippen molar-refractivity contribution in [2.45, 2.75) is 52.4 Å². The van der Waals surface area contributed by atoms with Crippen molar-refractivity contribution in [2.75, 3.05) is 7.05 Å². The molecule has 3 nitrogen and oxygen atoms in total. The van der Waals surface area contributed by atoms with E-state index in [1.807, 2.05) is 12.1 Å². The molecule has 0 bridgehead atoms. The molecule has 0 aliphatic heterocycles. The number of amides is 1. The van der Waals surface area contributed by atoms with Crippen LogP contribution in [0.1, 0.15) is 50.8 Å². The van der Waals surface area contributed by atoms with Crippen molar-refractivity contribution in [3.05, 3.63) is 28.8 Å². The van der Waals surface area contributed by atoms with Gasteiger partial charge in [0.2, 0.25) is 5.91 Å². The molecule has 1 aromatic rings. The molecule has 0 aromatic heterocycles. The first kappa shape index (κ1) is 15.5. The predicted molar refractivity (Wildman–Crippen MR) is 78.6 cm³/mol. The van der Waals surface area contributed by atoms with E-state index in [4.69, 9.17) is 0 Å². The van der Waals surface area contributed by atoms with Gasteiger partial charge < -0.3 is 10.4 Å². The lowest BCUT2D eigenvalue weighted by molar-refractivity contribution is -0.119. The number of hydrogen-bond acceptors (Lipinski definition) is 2. The van der Waals surface area contributed by atoms with Crippen LogP contribution >= 0.6 is 0 Å². The number of rotatable bonds is 4. The lowest BCUT2D eigenvalue weighted by Gasteiger charge is -2.23. The van der Waals surface area contributed by atoms with Crippen LogP contribution in [0, 0.1) is 0 Å². The van der Waals surface area contributed by atoms with Gasteiger partial charge in [-0.25, -0.2) is 0 Å². The Hall–Kier alpha value is -1.51. The minimum Gasteiger partial charge on any atom is -0.507 e. The molecule has 0 spiro atoms. The zero-order chi connectivity index (χ0) is 14.6. The van der Waals surface area contributed by atoms with Crippen molar-refractivity contribution in [1.29, 1.82) is 0 Å². The molecule has 1 amide bonds. The Bertz CT molecular complexity index is 459. The number of likely N-dealkylation sites (N-methyl/N-ethyl adjacent to an activating group) is 1. The number of phenolic OH excluding ortho intramolecular Hbond substituents is 1. The van der Waals surface area contributed by atoms with Crippen LogP contribution in [-0.4, -0.2) is 18.1 Å². The summed E-state index contributed by atoms with van der Waals surface area (Å²) in [5.74, 6) is 0.378. The second-order valence-electron chi connectivity index (χ2n) is 6.00. The minimum absolute atomic E-state index is 0.00648. The third kappa shape index (κ3) is 3.98. The number of carbonyl (C=O) groups excluding carboxylic acids is 1. The maximum absolute atomic E-state index is 11.5. The first-order valence-corrected chi connectivity index (χ1v) is 6.85. The molecule has 0 heterocycles. The Kier molecular flexibility index (Phi) is 4.98. The summed E-state index contributed by atoms with van der Waals surface area (Å²) in [5.41, 5.74) is 2.68. The van der Waals surface area contributed by atoms with Crippen molar-refractivity contribution in [2.24, 2.45) is 0 Å². The highest BCUT2D eigenvalue weighted by molar-refractivity contribution is 5.78. The SMILES string of the molecule is CCCc1cc(CC(=O)NC)cc(C(C)(C)C)c1O. The van der Waals surface area contributed by atoms with Crippen LogP contribution in [-0.2, 0) is 23.1 Å². The molecular weight excluding hydrogens is 238 g/mol. The van der Waals surface area contributed by atoms with E-state index in [2.05, 4.69) is 33.0 Å². The number of hydrogen-bond donors (Lipinski definition) is 2. The lowest BCUT2D eigenvalue weighted by Crippen LogP contribution is -2.21. The van der Waals surface area contributed by atoms with Crippen molar-refractivity contribution in [3.8, 4) is 5.75 Å². The zero-order valence-electron chi connectivity index (χ0n) is 12.6. The van der Waals surface area contributed by atoms with Crippen LogP contribution in [0.25, 0.3) is 0 Å². The smallest absolute Gasteiger partial charge is 0.224 e. The minimum atomic E-state index is -0.134. The highest BCUT2D eigenvalue weighted by Crippen LogP contribution is 2.35. The predicted octanol–water partition coefficient (Wildman–Crippen LogP) is 2.93. The number of aryl methyl sites for hydroxylation is 1. The summed E-state index contributed by atoms with van der Waals surface area (Å²) >= 11 is 0. The topological polar surface area (TPSA) is 49.3 Å². The van der Waals surface area contributed by atoms with Gasteiger partial charge in [-0.05, 0) is 28.5 Å². The summed E-state index contributed by atoms with van der Waals surface area (Å²) in [6.07, 6.45) is 2.16. The van der Waals surface area contributed by atoms with Crippen LogP contribution in [0.15, 0.2) is 12.1 Å². The summed E-state index contributed by atoms with van der Waals surface area (Å²) in [7, 11) is 1.64. The second kappa shape index (κ2) is 6.09. The van der Waals surface area contributed by atoms with E-state index in [0.717, 1.165) is 29.5 Å². The Labute approximate surface area is 116 Å². The Morgan fingerprint density at radius 2 is 1.95 bits per heavy atom. The zero-order valence-corrected chi connectivity index (χ0v) is 12.6. The molecule has 3 heteroatoms. The Balaban J connectivity index is 3.27. The molecule has 0 atom stereocenters. The molecule has 19 heavy (non-hydrogen) atoms. The molecule has 2 N–H and O–H groups in total. The van der Waals surface area contributed by atoms with Crippen LogP contribution in [0.5, 0.6) is 5.75 Å². The van der Waals surface area contributed by atoms with Gasteiger partial charge in [0.1, 0.15) is 5.75 Å². The number of phenols is 1. The number of nitrogens with one attached hydrogen (secondary N) is 1. The third-order valence-corrected chi connectivity index (χ3v) is 3.22. The standard InChI is InChI=1S/C16H25NO2/c1-6-7-12-8-11(10-14(18)17-5)9-13(15(12)19)16(2,3)4/h8-9,19H,6-7,10H2,1-5H3,(H,17,18). The molecule has 106 valence electrons. The fraction of sp³-hybridized carbons (Fsp3) is 0.562. The number of carbonyl (C=O) groups is 1. The molecule has 0 aliphatic carbocycles. The monoisotopic (exact) mass is 263 g/mol. The molecule has 0 saturated heterocycles. The second-order valence-corrected chi connectivity index (χ2v) is 6.00. The van der Waals surface area contributed by atoms with Crippen LogP contribution in [0.3, 0.4) is 0 Å². The van der Waals surface area contributed by atoms with Gasteiger partial charge in [-0.3, -0.25) is 4.79 Å². The highest BCUT2D eigenvalue weighted by atomic mass is 16.3. The Morgan fingerprint density at radius 1 is 1.32 bits per heavy atom. The van der Waals surface area contributed by atoms with E-state index < -0.39 is 0 Å². The molecule has 0 fully saturated rings. The molecule has 1 aromatic carbocycles. The maximum Gasteiger partial charge on any atom is 0.224 e. The van der Waals surface area contributed by atoms with Gasteiger partial charge in [0.05, 0.1) is 6.42 Å². The lowest BCUT2D eigenvalue weighted by atomic mass is 9.83. The summed E-state index contributed by atoms with van der Waals surface area (Å²) < 4.78 is 0.